The lowest BCUT2D eigenvalue weighted by Crippen LogP contribution is -2.41. The molecule has 0 radical (unpaired) electrons. The van der Waals surface area contributed by atoms with Crippen LogP contribution in [0.25, 0.3) is 0 Å². The van der Waals surface area contributed by atoms with Crippen LogP contribution >= 0.6 is 11.6 Å². The SMILES string of the molecule is CCOC(=O)C(F)(F)[C@H](N)c1cc(Cl)cc(F)c1O. The molecule has 0 aromatic heterocycles. The van der Waals surface area contributed by atoms with Crippen LogP contribution in [0.5, 0.6) is 5.75 Å². The number of benzene rings is 1. The molecule has 106 valence electrons. The molecule has 4 nitrogen and oxygen atoms in total. The lowest BCUT2D eigenvalue weighted by molar-refractivity contribution is -0.174. The lowest BCUT2D eigenvalue weighted by atomic mass is 10.00. The monoisotopic (exact) mass is 297 g/mol. The van der Waals surface area contributed by atoms with Gasteiger partial charge < -0.3 is 15.6 Å². The van der Waals surface area contributed by atoms with Gasteiger partial charge in [-0.05, 0) is 19.1 Å². The first-order chi connectivity index (χ1) is 8.71. The molecule has 1 atom stereocenters. The number of nitrogens with two attached hydrogens (primary N) is 1. The van der Waals surface area contributed by atoms with E-state index in [9.17, 15) is 23.1 Å². The Morgan fingerprint density at radius 2 is 2.16 bits per heavy atom. The zero-order valence-electron chi connectivity index (χ0n) is 9.79. The molecule has 1 aromatic rings. The van der Waals surface area contributed by atoms with Crippen molar-refractivity contribution in [1.82, 2.24) is 0 Å². The number of carbonyl (C=O) groups excluding carboxylic acids is 1. The number of esters is 1. The molecule has 0 bridgehead atoms. The van der Waals surface area contributed by atoms with E-state index in [2.05, 4.69) is 4.74 Å². The Morgan fingerprint density at radius 3 is 2.68 bits per heavy atom. The van der Waals surface area contributed by atoms with Crippen LogP contribution in [-0.4, -0.2) is 23.6 Å². The fraction of sp³-hybridized carbons (Fsp3) is 0.364. The van der Waals surface area contributed by atoms with Crippen molar-refractivity contribution in [2.24, 2.45) is 5.73 Å². The van der Waals surface area contributed by atoms with Crippen molar-refractivity contribution in [2.75, 3.05) is 6.61 Å². The molecule has 0 spiro atoms. The first-order valence-corrected chi connectivity index (χ1v) is 5.58. The van der Waals surface area contributed by atoms with Crippen LogP contribution < -0.4 is 5.73 Å². The van der Waals surface area contributed by atoms with Gasteiger partial charge in [-0.2, -0.15) is 8.78 Å². The van der Waals surface area contributed by atoms with Crippen molar-refractivity contribution in [3.63, 3.8) is 0 Å². The average molecular weight is 298 g/mol. The molecule has 0 saturated heterocycles. The van der Waals surface area contributed by atoms with Crippen LogP contribution in [-0.2, 0) is 9.53 Å². The summed E-state index contributed by atoms with van der Waals surface area (Å²) in [5, 5.41) is 9.13. The van der Waals surface area contributed by atoms with Gasteiger partial charge in [0.1, 0.15) is 6.04 Å². The van der Waals surface area contributed by atoms with Crippen molar-refractivity contribution in [3.05, 3.63) is 28.5 Å². The smallest absolute Gasteiger partial charge is 0.379 e. The van der Waals surface area contributed by atoms with E-state index in [1.54, 1.807) is 0 Å². The number of hydrogen-bond donors (Lipinski definition) is 2. The third-order valence-corrected chi connectivity index (χ3v) is 2.55. The minimum Gasteiger partial charge on any atom is -0.505 e. The Bertz CT molecular complexity index is 496. The van der Waals surface area contributed by atoms with E-state index in [1.165, 1.54) is 6.92 Å². The van der Waals surface area contributed by atoms with Gasteiger partial charge in [0.2, 0.25) is 0 Å². The first kappa shape index (κ1) is 15.6. The second kappa shape index (κ2) is 5.66. The van der Waals surface area contributed by atoms with Crippen molar-refractivity contribution >= 4 is 17.6 Å². The Balaban J connectivity index is 3.19. The largest absolute Gasteiger partial charge is 0.505 e. The molecule has 0 aliphatic carbocycles. The third kappa shape index (κ3) is 3.10. The van der Waals surface area contributed by atoms with E-state index < -0.39 is 35.1 Å². The highest BCUT2D eigenvalue weighted by atomic mass is 35.5. The lowest BCUT2D eigenvalue weighted by Gasteiger charge is -2.22. The maximum Gasteiger partial charge on any atom is 0.379 e. The topological polar surface area (TPSA) is 72.5 Å². The molecular formula is C11H11ClF3NO3. The Morgan fingerprint density at radius 1 is 1.58 bits per heavy atom. The molecule has 1 aromatic carbocycles. The molecular weight excluding hydrogens is 287 g/mol. The molecule has 0 fully saturated rings. The zero-order valence-corrected chi connectivity index (χ0v) is 10.5. The van der Waals surface area contributed by atoms with Gasteiger partial charge >= 0.3 is 11.9 Å². The van der Waals surface area contributed by atoms with Crippen molar-refractivity contribution in [2.45, 2.75) is 18.9 Å². The molecule has 1 rings (SSSR count). The Labute approximate surface area is 111 Å². The predicted molar refractivity (Wildman–Crippen MR) is 61.6 cm³/mol. The molecule has 3 N–H and O–H groups in total. The van der Waals surface area contributed by atoms with Crippen LogP contribution in [0.2, 0.25) is 5.02 Å². The number of phenols is 1. The number of ether oxygens (including phenoxy) is 1. The molecule has 0 amide bonds. The van der Waals surface area contributed by atoms with E-state index in [0.29, 0.717) is 0 Å². The van der Waals surface area contributed by atoms with Gasteiger partial charge in [-0.3, -0.25) is 0 Å². The third-order valence-electron chi connectivity index (χ3n) is 2.33. The minimum absolute atomic E-state index is 0.236. The average Bonchev–Trinajstić information content (AvgIpc) is 2.33. The van der Waals surface area contributed by atoms with Crippen LogP contribution in [0, 0.1) is 5.82 Å². The number of carbonyl (C=O) groups is 1. The Kier molecular flexibility index (Phi) is 4.65. The summed E-state index contributed by atoms with van der Waals surface area (Å²) < 4.78 is 44.7. The van der Waals surface area contributed by atoms with Crippen molar-refractivity contribution in [1.29, 1.82) is 0 Å². The number of rotatable bonds is 4. The standard InChI is InChI=1S/C11H11ClF3NO3/c1-2-19-10(18)11(14,15)9(16)6-3-5(12)4-7(13)8(6)17/h3-4,9,17H,2,16H2,1H3/t9-/m1/s1. The summed E-state index contributed by atoms with van der Waals surface area (Å²) in [5.41, 5.74) is 4.53. The second-order valence-corrected chi connectivity index (χ2v) is 4.08. The van der Waals surface area contributed by atoms with E-state index in [4.69, 9.17) is 17.3 Å². The zero-order chi connectivity index (χ0) is 14.8. The summed E-state index contributed by atoms with van der Waals surface area (Å²) in [4.78, 5) is 11.1. The number of halogens is 4. The first-order valence-electron chi connectivity index (χ1n) is 5.20. The van der Waals surface area contributed by atoms with Gasteiger partial charge in [-0.1, -0.05) is 11.6 Å². The normalized spacial score (nSPS) is 13.2. The summed E-state index contributed by atoms with van der Waals surface area (Å²) in [6.07, 6.45) is 0. The maximum absolute atomic E-state index is 13.7. The second-order valence-electron chi connectivity index (χ2n) is 3.65. The molecule has 0 heterocycles. The van der Waals surface area contributed by atoms with Gasteiger partial charge in [0, 0.05) is 10.6 Å². The number of aromatic hydroxyl groups is 1. The Hall–Kier alpha value is -1.47. The molecule has 0 unspecified atom stereocenters. The summed E-state index contributed by atoms with van der Waals surface area (Å²) in [7, 11) is 0. The fourth-order valence-corrected chi connectivity index (χ4v) is 1.59. The van der Waals surface area contributed by atoms with Gasteiger partial charge in [-0.25, -0.2) is 9.18 Å². The summed E-state index contributed by atoms with van der Waals surface area (Å²) in [5.74, 6) is -8.27. The fourth-order valence-electron chi connectivity index (χ4n) is 1.37. The number of hydrogen-bond acceptors (Lipinski definition) is 4. The summed E-state index contributed by atoms with van der Waals surface area (Å²) in [6, 6.07) is -0.687. The van der Waals surface area contributed by atoms with Gasteiger partial charge in [0.05, 0.1) is 6.61 Å². The molecule has 8 heteroatoms. The van der Waals surface area contributed by atoms with Crippen LogP contribution in [0.3, 0.4) is 0 Å². The van der Waals surface area contributed by atoms with Crippen molar-refractivity contribution in [3.8, 4) is 5.75 Å². The molecule has 19 heavy (non-hydrogen) atoms. The molecule has 0 aliphatic heterocycles. The maximum atomic E-state index is 13.7. The quantitative estimate of drug-likeness (QED) is 0.837. The predicted octanol–water partition coefficient (Wildman–Crippen LogP) is 2.38. The van der Waals surface area contributed by atoms with Gasteiger partial charge in [0.15, 0.2) is 11.6 Å². The van der Waals surface area contributed by atoms with Crippen LogP contribution in [0.1, 0.15) is 18.5 Å². The highest BCUT2D eigenvalue weighted by Crippen LogP contribution is 2.37. The molecule has 0 saturated carbocycles. The van der Waals surface area contributed by atoms with E-state index in [-0.39, 0.29) is 11.6 Å². The molecule has 0 aliphatic rings. The van der Waals surface area contributed by atoms with E-state index in [0.717, 1.165) is 12.1 Å². The highest BCUT2D eigenvalue weighted by molar-refractivity contribution is 6.30. The van der Waals surface area contributed by atoms with E-state index >= 15 is 0 Å². The minimum atomic E-state index is -4.12. The number of phenolic OH excluding ortho intramolecular Hbond substituents is 1. The summed E-state index contributed by atoms with van der Waals surface area (Å²) in [6.45, 7) is 1.08. The van der Waals surface area contributed by atoms with E-state index in [1.807, 2.05) is 0 Å². The van der Waals surface area contributed by atoms with Crippen LogP contribution in [0.4, 0.5) is 13.2 Å². The number of alkyl halides is 2. The van der Waals surface area contributed by atoms with Crippen LogP contribution in [0.15, 0.2) is 12.1 Å². The highest BCUT2D eigenvalue weighted by Gasteiger charge is 2.49. The van der Waals surface area contributed by atoms with Gasteiger partial charge in [0.25, 0.3) is 0 Å². The van der Waals surface area contributed by atoms with Crippen molar-refractivity contribution < 1.29 is 27.8 Å². The summed E-state index contributed by atoms with van der Waals surface area (Å²) >= 11 is 5.49. The van der Waals surface area contributed by atoms with Gasteiger partial charge in [-0.15, -0.1) is 0 Å².